The van der Waals surface area contributed by atoms with Crippen LogP contribution in [0.4, 0.5) is 5.69 Å². The molecule has 0 spiro atoms. The number of anilines is 1. The number of fused-ring (bicyclic) bond motifs is 1. The van der Waals surface area contributed by atoms with Crippen LogP contribution in [0.5, 0.6) is 5.75 Å². The summed E-state index contributed by atoms with van der Waals surface area (Å²) in [6.07, 6.45) is 0.854. The molecule has 0 bridgehead atoms. The van der Waals surface area contributed by atoms with Gasteiger partial charge in [-0.15, -0.1) is 0 Å². The van der Waals surface area contributed by atoms with Crippen LogP contribution < -0.4 is 14.9 Å². The first-order valence-corrected chi connectivity index (χ1v) is 10.6. The standard InChI is InChI=1S/C20H27NOP/c1-20(2,3)23(6)14-22-18-13-9-11-16(19(18)23)15-10-7-8-12-17(15)21(4)5/h7-13H,14H2,1-6H3/q+1. The molecule has 0 saturated carbocycles. The Morgan fingerprint density at radius 2 is 1.61 bits per heavy atom. The monoisotopic (exact) mass is 328 g/mol. The van der Waals surface area contributed by atoms with Crippen molar-refractivity contribution in [2.75, 3.05) is 32.0 Å². The van der Waals surface area contributed by atoms with Gasteiger partial charge < -0.3 is 9.64 Å². The molecule has 1 heterocycles. The van der Waals surface area contributed by atoms with Crippen LogP contribution in [0.3, 0.4) is 0 Å². The van der Waals surface area contributed by atoms with E-state index in [1.807, 2.05) is 0 Å². The normalized spacial score (nSPS) is 20.1. The van der Waals surface area contributed by atoms with Gasteiger partial charge in [0.05, 0.1) is 19.1 Å². The Balaban J connectivity index is 2.28. The van der Waals surface area contributed by atoms with Crippen LogP contribution in [0.1, 0.15) is 20.8 Å². The number of nitrogens with zero attached hydrogens (tertiary/aromatic N) is 1. The molecule has 3 heteroatoms. The van der Waals surface area contributed by atoms with Crippen molar-refractivity contribution >= 4 is 18.3 Å². The van der Waals surface area contributed by atoms with Gasteiger partial charge in [-0.3, -0.25) is 0 Å². The third-order valence-electron chi connectivity index (χ3n) is 5.13. The van der Waals surface area contributed by atoms with Gasteiger partial charge in [0.15, 0.2) is 5.75 Å². The molecule has 0 saturated heterocycles. The van der Waals surface area contributed by atoms with Crippen LogP contribution in [-0.2, 0) is 0 Å². The molecule has 1 aliphatic heterocycles. The lowest BCUT2D eigenvalue weighted by Crippen LogP contribution is -2.28. The number of para-hydroxylation sites is 1. The van der Waals surface area contributed by atoms with Crippen molar-refractivity contribution in [1.82, 2.24) is 0 Å². The largest absolute Gasteiger partial charge is 0.455 e. The summed E-state index contributed by atoms with van der Waals surface area (Å²) in [5.74, 6) is 1.09. The highest BCUT2D eigenvalue weighted by Gasteiger charge is 2.54. The molecule has 1 aliphatic rings. The van der Waals surface area contributed by atoms with Crippen molar-refractivity contribution in [2.24, 2.45) is 0 Å². The van der Waals surface area contributed by atoms with E-state index in [1.54, 1.807) is 0 Å². The molecule has 2 nitrogen and oxygen atoms in total. The van der Waals surface area contributed by atoms with Gasteiger partial charge in [-0.2, -0.15) is 0 Å². The summed E-state index contributed by atoms with van der Waals surface area (Å²) in [6, 6.07) is 15.2. The van der Waals surface area contributed by atoms with E-state index < -0.39 is 7.26 Å². The van der Waals surface area contributed by atoms with E-state index in [-0.39, 0.29) is 5.16 Å². The Morgan fingerprint density at radius 3 is 2.26 bits per heavy atom. The second kappa shape index (κ2) is 5.53. The highest BCUT2D eigenvalue weighted by atomic mass is 31.2. The molecule has 1 unspecified atom stereocenters. The molecule has 1 atom stereocenters. The molecule has 0 radical (unpaired) electrons. The van der Waals surface area contributed by atoms with E-state index in [0.29, 0.717) is 0 Å². The fourth-order valence-corrected chi connectivity index (χ4v) is 6.19. The van der Waals surface area contributed by atoms with Crippen LogP contribution in [0, 0.1) is 0 Å². The zero-order valence-electron chi connectivity index (χ0n) is 15.1. The highest BCUT2D eigenvalue weighted by Crippen LogP contribution is 2.69. The molecule has 23 heavy (non-hydrogen) atoms. The van der Waals surface area contributed by atoms with Gasteiger partial charge in [0.1, 0.15) is 5.30 Å². The maximum Gasteiger partial charge on any atom is 0.201 e. The number of ether oxygens (including phenoxy) is 1. The van der Waals surface area contributed by atoms with Gasteiger partial charge in [0.2, 0.25) is 6.35 Å². The molecule has 0 amide bonds. The van der Waals surface area contributed by atoms with Crippen molar-refractivity contribution in [3.05, 3.63) is 42.5 Å². The molecule has 3 rings (SSSR count). The van der Waals surface area contributed by atoms with Crippen LogP contribution in [0.2, 0.25) is 0 Å². The molecule has 2 aromatic carbocycles. The maximum atomic E-state index is 6.14. The van der Waals surface area contributed by atoms with Gasteiger partial charge in [-0.25, -0.2) is 0 Å². The van der Waals surface area contributed by atoms with E-state index in [2.05, 4.69) is 88.9 Å². The number of benzene rings is 2. The molecule has 2 aromatic rings. The first-order valence-electron chi connectivity index (χ1n) is 8.14. The van der Waals surface area contributed by atoms with Gasteiger partial charge >= 0.3 is 0 Å². The Labute approximate surface area is 140 Å². The summed E-state index contributed by atoms with van der Waals surface area (Å²) < 4.78 is 6.14. The lowest BCUT2D eigenvalue weighted by molar-refractivity contribution is 0.398. The van der Waals surface area contributed by atoms with Gasteiger partial charge in [0, 0.05) is 30.9 Å². The van der Waals surface area contributed by atoms with E-state index in [9.17, 15) is 0 Å². The van der Waals surface area contributed by atoms with Gasteiger partial charge in [0.25, 0.3) is 0 Å². The van der Waals surface area contributed by atoms with Crippen molar-refractivity contribution in [3.63, 3.8) is 0 Å². The zero-order valence-corrected chi connectivity index (χ0v) is 15.9. The first kappa shape index (κ1) is 16.3. The fraction of sp³-hybridized carbons (Fsp3) is 0.400. The summed E-state index contributed by atoms with van der Waals surface area (Å²) in [5, 5.41) is 1.70. The van der Waals surface area contributed by atoms with E-state index in [0.717, 1.165) is 12.1 Å². The van der Waals surface area contributed by atoms with Gasteiger partial charge in [-0.05, 0) is 32.9 Å². The molecule has 0 aliphatic carbocycles. The number of hydrogen-bond acceptors (Lipinski definition) is 2. The van der Waals surface area contributed by atoms with Crippen molar-refractivity contribution < 1.29 is 4.74 Å². The average Bonchev–Trinajstić information content (AvgIpc) is 2.86. The van der Waals surface area contributed by atoms with E-state index in [4.69, 9.17) is 4.74 Å². The average molecular weight is 328 g/mol. The van der Waals surface area contributed by atoms with Crippen molar-refractivity contribution in [1.29, 1.82) is 0 Å². The van der Waals surface area contributed by atoms with E-state index in [1.165, 1.54) is 22.1 Å². The lowest BCUT2D eigenvalue weighted by atomic mass is 10.0. The molecular weight excluding hydrogens is 301 g/mol. The summed E-state index contributed by atoms with van der Waals surface area (Å²) in [5.41, 5.74) is 3.90. The predicted octanol–water partition coefficient (Wildman–Crippen LogP) is 4.84. The molecule has 0 fully saturated rings. The third-order valence-corrected chi connectivity index (χ3v) is 10.2. The second-order valence-corrected chi connectivity index (χ2v) is 12.1. The lowest BCUT2D eigenvalue weighted by Gasteiger charge is -2.31. The zero-order chi connectivity index (χ0) is 16.8. The minimum Gasteiger partial charge on any atom is -0.455 e. The molecule has 0 aromatic heterocycles. The maximum absolute atomic E-state index is 6.14. The van der Waals surface area contributed by atoms with Gasteiger partial charge in [-0.1, -0.05) is 30.3 Å². The van der Waals surface area contributed by atoms with Crippen LogP contribution in [0.25, 0.3) is 11.1 Å². The fourth-order valence-electron chi connectivity index (χ4n) is 3.25. The van der Waals surface area contributed by atoms with Crippen LogP contribution >= 0.6 is 7.26 Å². The van der Waals surface area contributed by atoms with E-state index >= 15 is 0 Å². The van der Waals surface area contributed by atoms with Crippen molar-refractivity contribution in [2.45, 2.75) is 25.9 Å². The van der Waals surface area contributed by atoms with Crippen LogP contribution in [-0.4, -0.2) is 32.3 Å². The SMILES string of the molecule is CN(C)c1ccccc1-c1cccc2c1[P+](C)(C(C)(C)C)CO2. The minimum atomic E-state index is -1.39. The molecule has 122 valence electrons. The predicted molar refractivity (Wildman–Crippen MR) is 104 cm³/mol. The summed E-state index contributed by atoms with van der Waals surface area (Å²) >= 11 is 0. The molecular formula is C20H27NOP+. The smallest absolute Gasteiger partial charge is 0.201 e. The summed E-state index contributed by atoms with van der Waals surface area (Å²) in [6.45, 7) is 9.51. The number of hydrogen-bond donors (Lipinski definition) is 0. The summed E-state index contributed by atoms with van der Waals surface area (Å²) in [4.78, 5) is 2.19. The second-order valence-electron chi connectivity index (χ2n) is 7.70. The molecule has 0 N–H and O–H groups in total. The minimum absolute atomic E-state index is 0.238. The Morgan fingerprint density at radius 1 is 0.957 bits per heavy atom. The van der Waals surface area contributed by atoms with Crippen LogP contribution in [0.15, 0.2) is 42.5 Å². The topological polar surface area (TPSA) is 12.5 Å². The van der Waals surface area contributed by atoms with Crippen molar-refractivity contribution in [3.8, 4) is 16.9 Å². The summed E-state index contributed by atoms with van der Waals surface area (Å²) in [7, 11) is 2.83. The highest BCUT2D eigenvalue weighted by molar-refractivity contribution is 7.84. The Bertz CT molecular complexity index is 733. The third kappa shape index (κ3) is 2.54. The quantitative estimate of drug-likeness (QED) is 0.731. The Hall–Kier alpha value is -1.53. The Kier molecular flexibility index (Phi) is 3.92. The number of rotatable bonds is 2. The first-order chi connectivity index (χ1) is 10.8.